The van der Waals surface area contributed by atoms with Gasteiger partial charge in [0, 0.05) is 23.7 Å². The van der Waals surface area contributed by atoms with Crippen molar-refractivity contribution in [2.45, 2.75) is 6.54 Å². The van der Waals surface area contributed by atoms with Gasteiger partial charge < -0.3 is 5.32 Å². The quantitative estimate of drug-likeness (QED) is 0.574. The van der Waals surface area contributed by atoms with Gasteiger partial charge in [-0.1, -0.05) is 54.5 Å². The minimum absolute atomic E-state index is 0.627. The molecule has 124 valence electrons. The first-order chi connectivity index (χ1) is 12.9. The maximum absolute atomic E-state index is 4.48. The highest BCUT2D eigenvalue weighted by molar-refractivity contribution is 5.91. The molecule has 0 bridgehead atoms. The van der Waals surface area contributed by atoms with Gasteiger partial charge >= 0.3 is 0 Å². The third kappa shape index (κ3) is 3.52. The number of nitrogens with zero attached hydrogens (tertiary/aromatic N) is 3. The summed E-state index contributed by atoms with van der Waals surface area (Å²) in [6.45, 7) is 0.663. The highest BCUT2D eigenvalue weighted by Crippen LogP contribution is 2.20. The van der Waals surface area contributed by atoms with Gasteiger partial charge in [-0.25, -0.2) is 0 Å². The maximum Gasteiger partial charge on any atom is 0.175 e. The summed E-state index contributed by atoms with van der Waals surface area (Å²) in [6, 6.07) is 23.9. The molecule has 0 saturated carbocycles. The molecule has 0 aliphatic rings. The Labute approximate surface area is 151 Å². The Morgan fingerprint density at radius 3 is 2.35 bits per heavy atom. The number of aromatic nitrogens is 3. The lowest BCUT2D eigenvalue weighted by Gasteiger charge is -2.08. The number of fused-ring (bicyclic) bond motifs is 1. The molecule has 0 saturated heterocycles. The van der Waals surface area contributed by atoms with Crippen LogP contribution >= 0.6 is 0 Å². The van der Waals surface area contributed by atoms with Crippen molar-refractivity contribution in [1.29, 1.82) is 0 Å². The monoisotopic (exact) mass is 336 g/mol. The zero-order valence-electron chi connectivity index (χ0n) is 14.1. The summed E-state index contributed by atoms with van der Waals surface area (Å²) in [5.74, 6) is 6.91. The van der Waals surface area contributed by atoms with Gasteiger partial charge in [-0.3, -0.25) is 4.98 Å². The fourth-order valence-corrected chi connectivity index (χ4v) is 2.63. The van der Waals surface area contributed by atoms with E-state index < -0.39 is 0 Å². The average Bonchev–Trinajstić information content (AvgIpc) is 2.72. The Morgan fingerprint density at radius 2 is 1.54 bits per heavy atom. The van der Waals surface area contributed by atoms with Crippen molar-refractivity contribution in [1.82, 2.24) is 15.2 Å². The van der Waals surface area contributed by atoms with Crippen molar-refractivity contribution in [3.8, 4) is 11.8 Å². The van der Waals surface area contributed by atoms with Crippen LogP contribution in [0.25, 0.3) is 10.9 Å². The molecule has 4 heteroatoms. The van der Waals surface area contributed by atoms with E-state index >= 15 is 0 Å². The molecule has 0 spiro atoms. The average molecular weight is 336 g/mol. The van der Waals surface area contributed by atoms with E-state index in [9.17, 15) is 0 Å². The van der Waals surface area contributed by atoms with Crippen LogP contribution in [0.15, 0.2) is 79.0 Å². The van der Waals surface area contributed by atoms with Crippen molar-refractivity contribution < 1.29 is 0 Å². The van der Waals surface area contributed by atoms with Gasteiger partial charge in [-0.05, 0) is 35.7 Å². The van der Waals surface area contributed by atoms with Crippen LogP contribution in [-0.2, 0) is 6.54 Å². The van der Waals surface area contributed by atoms with Crippen molar-refractivity contribution in [3.05, 3.63) is 95.8 Å². The van der Waals surface area contributed by atoms with E-state index in [4.69, 9.17) is 0 Å². The molecule has 0 fully saturated rings. The molecule has 0 amide bonds. The van der Waals surface area contributed by atoms with E-state index in [1.807, 2.05) is 60.7 Å². The van der Waals surface area contributed by atoms with Crippen molar-refractivity contribution in [3.63, 3.8) is 0 Å². The summed E-state index contributed by atoms with van der Waals surface area (Å²) >= 11 is 0. The van der Waals surface area contributed by atoms with Gasteiger partial charge in [0.15, 0.2) is 5.82 Å². The Morgan fingerprint density at radius 1 is 0.769 bits per heavy atom. The third-order valence-corrected chi connectivity index (χ3v) is 3.94. The Kier molecular flexibility index (Phi) is 4.53. The third-order valence-electron chi connectivity index (χ3n) is 3.94. The van der Waals surface area contributed by atoms with Crippen molar-refractivity contribution in [2.24, 2.45) is 0 Å². The van der Waals surface area contributed by atoms with E-state index in [-0.39, 0.29) is 0 Å². The molecule has 1 N–H and O–H groups in total. The van der Waals surface area contributed by atoms with Crippen LogP contribution in [0, 0.1) is 11.8 Å². The lowest BCUT2D eigenvalue weighted by Crippen LogP contribution is -2.05. The topological polar surface area (TPSA) is 50.7 Å². The Balaban J connectivity index is 1.66. The highest BCUT2D eigenvalue weighted by atomic mass is 15.2. The lowest BCUT2D eigenvalue weighted by molar-refractivity contribution is 1.000. The zero-order chi connectivity index (χ0) is 17.6. The number of nitrogens with one attached hydrogen (secondary N) is 1. The predicted molar refractivity (Wildman–Crippen MR) is 104 cm³/mol. The van der Waals surface area contributed by atoms with Gasteiger partial charge in [0.1, 0.15) is 11.2 Å². The Bertz CT molecular complexity index is 1080. The molecule has 0 aliphatic carbocycles. The summed E-state index contributed by atoms with van der Waals surface area (Å²) in [5.41, 5.74) is 3.52. The van der Waals surface area contributed by atoms with Gasteiger partial charge in [0.2, 0.25) is 0 Å². The molecule has 0 aliphatic heterocycles. The second kappa shape index (κ2) is 7.45. The molecular weight excluding hydrogens is 320 g/mol. The lowest BCUT2D eigenvalue weighted by atomic mass is 10.2. The molecule has 2 heterocycles. The molecule has 4 nitrogen and oxygen atoms in total. The van der Waals surface area contributed by atoms with Crippen LogP contribution in [0.3, 0.4) is 0 Å². The number of anilines is 1. The smallest absolute Gasteiger partial charge is 0.175 e. The van der Waals surface area contributed by atoms with Crippen LogP contribution in [0.5, 0.6) is 0 Å². The van der Waals surface area contributed by atoms with Gasteiger partial charge in [0.05, 0.1) is 0 Å². The van der Waals surface area contributed by atoms with E-state index in [2.05, 4.69) is 44.5 Å². The van der Waals surface area contributed by atoms with Crippen LogP contribution in [0.4, 0.5) is 5.82 Å². The fourth-order valence-electron chi connectivity index (χ4n) is 2.63. The van der Waals surface area contributed by atoms with Gasteiger partial charge in [-0.2, -0.15) is 0 Å². The Hall–Kier alpha value is -3.71. The first kappa shape index (κ1) is 15.8. The molecule has 26 heavy (non-hydrogen) atoms. The molecular formula is C22H16N4. The number of rotatable bonds is 3. The largest absolute Gasteiger partial charge is 0.363 e. The second-order valence-corrected chi connectivity index (χ2v) is 5.75. The number of hydrogen-bond acceptors (Lipinski definition) is 4. The van der Waals surface area contributed by atoms with Crippen LogP contribution in [-0.4, -0.2) is 15.2 Å². The molecule has 2 aromatic heterocycles. The normalized spacial score (nSPS) is 10.2. The summed E-state index contributed by atoms with van der Waals surface area (Å²) in [4.78, 5) is 4.48. The SMILES string of the molecule is C(#Cc1nnc(NCc2ccccc2)c2ncccc12)c1ccccc1. The summed E-state index contributed by atoms with van der Waals surface area (Å²) in [6.07, 6.45) is 1.76. The van der Waals surface area contributed by atoms with Crippen molar-refractivity contribution in [2.75, 3.05) is 5.32 Å². The zero-order valence-corrected chi connectivity index (χ0v) is 14.1. The first-order valence-electron chi connectivity index (χ1n) is 8.36. The summed E-state index contributed by atoms with van der Waals surface area (Å²) in [5, 5.41) is 12.8. The number of benzene rings is 2. The molecule has 4 aromatic rings. The van der Waals surface area contributed by atoms with Crippen LogP contribution in [0.2, 0.25) is 0 Å². The molecule has 2 aromatic carbocycles. The standard InChI is InChI=1S/C22H16N4/c1-3-8-17(9-4-1)13-14-20-19-12-7-15-23-21(19)22(26-25-20)24-16-18-10-5-2-6-11-18/h1-12,15H,16H2,(H,24,26). The second-order valence-electron chi connectivity index (χ2n) is 5.75. The molecule has 0 unspecified atom stereocenters. The van der Waals surface area contributed by atoms with Crippen LogP contribution in [0.1, 0.15) is 16.8 Å². The minimum Gasteiger partial charge on any atom is -0.363 e. The van der Waals surface area contributed by atoms with Crippen LogP contribution < -0.4 is 5.32 Å². The predicted octanol–water partition coefficient (Wildman–Crippen LogP) is 4.04. The van der Waals surface area contributed by atoms with E-state index in [0.717, 1.165) is 16.5 Å². The number of hydrogen-bond donors (Lipinski definition) is 1. The van der Waals surface area contributed by atoms with Gasteiger partial charge in [-0.15, -0.1) is 10.2 Å². The van der Waals surface area contributed by atoms with E-state index in [0.29, 0.717) is 18.1 Å². The van der Waals surface area contributed by atoms with E-state index in [1.54, 1.807) is 6.20 Å². The van der Waals surface area contributed by atoms with E-state index in [1.165, 1.54) is 5.56 Å². The minimum atomic E-state index is 0.627. The summed E-state index contributed by atoms with van der Waals surface area (Å²) < 4.78 is 0. The number of pyridine rings is 1. The van der Waals surface area contributed by atoms with Crippen molar-refractivity contribution >= 4 is 16.7 Å². The highest BCUT2D eigenvalue weighted by Gasteiger charge is 2.08. The van der Waals surface area contributed by atoms with Gasteiger partial charge in [0.25, 0.3) is 0 Å². The molecule has 0 atom stereocenters. The maximum atomic E-state index is 4.48. The molecule has 4 rings (SSSR count). The first-order valence-corrected chi connectivity index (χ1v) is 8.36. The fraction of sp³-hybridized carbons (Fsp3) is 0.0455. The summed E-state index contributed by atoms with van der Waals surface area (Å²) in [7, 11) is 0. The molecule has 0 radical (unpaired) electrons.